The van der Waals surface area contributed by atoms with Crippen LogP contribution in [0.3, 0.4) is 0 Å². The first-order chi connectivity index (χ1) is 9.32. The van der Waals surface area contributed by atoms with Crippen LogP contribution >= 0.6 is 11.3 Å². The van der Waals surface area contributed by atoms with E-state index in [2.05, 4.69) is 4.98 Å². The standard InChI is InChI=1S/C13H16F3NO2S/c1-2-7-3-4-8(11(18)19)9(5-7)10-6-17-12(20-10)13(14,15)16/h6-9H,2-5H2,1H3,(H,18,19). The lowest BCUT2D eigenvalue weighted by atomic mass is 9.73. The number of carboxylic acids is 1. The van der Waals surface area contributed by atoms with Gasteiger partial charge in [-0.1, -0.05) is 13.3 Å². The second-order valence-corrected chi connectivity index (χ2v) is 6.27. The number of carbonyl (C=O) groups is 1. The Balaban J connectivity index is 2.26. The maximum absolute atomic E-state index is 12.6. The van der Waals surface area contributed by atoms with Crippen molar-refractivity contribution in [2.24, 2.45) is 11.8 Å². The highest BCUT2D eigenvalue weighted by molar-refractivity contribution is 7.11. The van der Waals surface area contributed by atoms with Crippen molar-refractivity contribution in [3.63, 3.8) is 0 Å². The van der Waals surface area contributed by atoms with Crippen molar-refractivity contribution in [3.05, 3.63) is 16.1 Å². The van der Waals surface area contributed by atoms with Gasteiger partial charge in [-0.25, -0.2) is 4.98 Å². The highest BCUT2D eigenvalue weighted by Gasteiger charge is 2.39. The number of aromatic nitrogens is 1. The Morgan fingerprint density at radius 3 is 2.70 bits per heavy atom. The average molecular weight is 307 g/mol. The third-order valence-corrected chi connectivity index (χ3v) is 5.16. The minimum Gasteiger partial charge on any atom is -0.481 e. The number of thiazole rings is 1. The Morgan fingerprint density at radius 1 is 1.50 bits per heavy atom. The molecule has 3 unspecified atom stereocenters. The third kappa shape index (κ3) is 3.13. The summed E-state index contributed by atoms with van der Waals surface area (Å²) in [7, 11) is 0. The normalized spacial score (nSPS) is 27.5. The van der Waals surface area contributed by atoms with Crippen molar-refractivity contribution in [1.82, 2.24) is 4.98 Å². The van der Waals surface area contributed by atoms with Gasteiger partial charge in [-0.2, -0.15) is 13.2 Å². The van der Waals surface area contributed by atoms with Gasteiger partial charge in [0.15, 0.2) is 5.01 Å². The highest BCUT2D eigenvalue weighted by atomic mass is 32.1. The fourth-order valence-electron chi connectivity index (χ4n) is 2.83. The predicted molar refractivity (Wildman–Crippen MR) is 68.6 cm³/mol. The molecule has 1 heterocycles. The maximum Gasteiger partial charge on any atom is 0.443 e. The zero-order valence-electron chi connectivity index (χ0n) is 11.0. The Labute approximate surface area is 118 Å². The van der Waals surface area contributed by atoms with Crippen molar-refractivity contribution in [2.45, 2.75) is 44.7 Å². The van der Waals surface area contributed by atoms with Gasteiger partial charge in [-0.15, -0.1) is 11.3 Å². The average Bonchev–Trinajstić information content (AvgIpc) is 2.87. The summed E-state index contributed by atoms with van der Waals surface area (Å²) < 4.78 is 37.8. The smallest absolute Gasteiger partial charge is 0.443 e. The van der Waals surface area contributed by atoms with Crippen LogP contribution in [0.5, 0.6) is 0 Å². The Hall–Kier alpha value is -1.11. The lowest BCUT2D eigenvalue weighted by Gasteiger charge is -2.32. The van der Waals surface area contributed by atoms with Crippen LogP contribution in [0.15, 0.2) is 6.20 Å². The first-order valence-corrected chi connectivity index (χ1v) is 7.40. The van der Waals surface area contributed by atoms with E-state index in [-0.39, 0.29) is 5.92 Å². The fraction of sp³-hybridized carbons (Fsp3) is 0.692. The molecular formula is C13H16F3NO2S. The molecule has 0 aliphatic heterocycles. The lowest BCUT2D eigenvalue weighted by Crippen LogP contribution is -2.28. The molecule has 1 aromatic heterocycles. The van der Waals surface area contributed by atoms with Crippen LogP contribution in [0.25, 0.3) is 0 Å². The van der Waals surface area contributed by atoms with Crippen LogP contribution in [0.1, 0.15) is 48.4 Å². The molecule has 0 amide bonds. The van der Waals surface area contributed by atoms with E-state index in [0.717, 1.165) is 12.8 Å². The molecule has 0 spiro atoms. The van der Waals surface area contributed by atoms with Crippen molar-refractivity contribution in [1.29, 1.82) is 0 Å². The van der Waals surface area contributed by atoms with Gasteiger partial charge in [0.2, 0.25) is 0 Å². The zero-order valence-corrected chi connectivity index (χ0v) is 11.8. The quantitative estimate of drug-likeness (QED) is 0.912. The summed E-state index contributed by atoms with van der Waals surface area (Å²) >= 11 is 0.581. The Morgan fingerprint density at radius 2 is 2.20 bits per heavy atom. The van der Waals surface area contributed by atoms with Crippen molar-refractivity contribution in [2.75, 3.05) is 0 Å². The van der Waals surface area contributed by atoms with E-state index in [0.29, 0.717) is 35.0 Å². The first-order valence-electron chi connectivity index (χ1n) is 6.58. The molecule has 1 aliphatic rings. The molecule has 1 N–H and O–H groups in total. The fourth-order valence-corrected chi connectivity index (χ4v) is 3.79. The van der Waals surface area contributed by atoms with Gasteiger partial charge in [0.05, 0.1) is 5.92 Å². The number of rotatable bonds is 3. The lowest BCUT2D eigenvalue weighted by molar-refractivity contribution is -0.144. The molecule has 20 heavy (non-hydrogen) atoms. The largest absolute Gasteiger partial charge is 0.481 e. The zero-order chi connectivity index (χ0) is 14.9. The number of alkyl halides is 3. The summed E-state index contributed by atoms with van der Waals surface area (Å²) in [5.41, 5.74) is 0. The summed E-state index contributed by atoms with van der Waals surface area (Å²) in [5, 5.41) is 8.36. The number of hydrogen-bond acceptors (Lipinski definition) is 3. The second-order valence-electron chi connectivity index (χ2n) is 5.20. The van der Waals surface area contributed by atoms with Crippen LogP contribution < -0.4 is 0 Å². The van der Waals surface area contributed by atoms with E-state index in [9.17, 15) is 23.1 Å². The van der Waals surface area contributed by atoms with E-state index in [1.165, 1.54) is 6.20 Å². The summed E-state index contributed by atoms with van der Waals surface area (Å²) in [6.45, 7) is 2.02. The molecule has 2 rings (SSSR count). The topological polar surface area (TPSA) is 50.2 Å². The molecule has 112 valence electrons. The summed E-state index contributed by atoms with van der Waals surface area (Å²) in [5.74, 6) is -1.49. The van der Waals surface area contributed by atoms with E-state index >= 15 is 0 Å². The second kappa shape index (κ2) is 5.71. The number of halogens is 3. The maximum atomic E-state index is 12.6. The highest BCUT2D eigenvalue weighted by Crippen LogP contribution is 2.45. The third-order valence-electron chi connectivity index (χ3n) is 3.98. The minimum absolute atomic E-state index is 0.347. The van der Waals surface area contributed by atoms with Crippen LogP contribution in [-0.4, -0.2) is 16.1 Å². The van der Waals surface area contributed by atoms with Gasteiger partial charge in [0, 0.05) is 17.0 Å². The molecule has 3 atom stereocenters. The van der Waals surface area contributed by atoms with Gasteiger partial charge in [0.1, 0.15) is 0 Å². The molecule has 0 aromatic carbocycles. The van der Waals surface area contributed by atoms with E-state index in [1.807, 2.05) is 6.92 Å². The van der Waals surface area contributed by atoms with Crippen LogP contribution in [-0.2, 0) is 11.0 Å². The molecule has 1 fully saturated rings. The van der Waals surface area contributed by atoms with Gasteiger partial charge in [0.25, 0.3) is 0 Å². The van der Waals surface area contributed by atoms with E-state index in [1.54, 1.807) is 0 Å². The van der Waals surface area contributed by atoms with Gasteiger partial charge in [-0.3, -0.25) is 4.79 Å². The predicted octanol–water partition coefficient (Wildman–Crippen LogP) is 4.16. The van der Waals surface area contributed by atoms with Crippen LogP contribution in [0.4, 0.5) is 13.2 Å². The van der Waals surface area contributed by atoms with Crippen molar-refractivity contribution in [3.8, 4) is 0 Å². The minimum atomic E-state index is -4.46. The molecule has 1 saturated carbocycles. The van der Waals surface area contributed by atoms with Crippen molar-refractivity contribution >= 4 is 17.3 Å². The van der Waals surface area contributed by atoms with Gasteiger partial charge >= 0.3 is 12.1 Å². The van der Waals surface area contributed by atoms with E-state index < -0.39 is 23.1 Å². The summed E-state index contributed by atoms with van der Waals surface area (Å²) in [4.78, 5) is 15.2. The van der Waals surface area contributed by atoms with E-state index in [4.69, 9.17) is 0 Å². The van der Waals surface area contributed by atoms with Crippen LogP contribution in [0.2, 0.25) is 0 Å². The first kappa shape index (κ1) is 15.3. The summed E-state index contributed by atoms with van der Waals surface area (Å²) in [6.07, 6.45) is -0.347. The van der Waals surface area contributed by atoms with Gasteiger partial charge < -0.3 is 5.11 Å². The number of hydrogen-bond donors (Lipinski definition) is 1. The molecular weight excluding hydrogens is 291 g/mol. The Bertz CT molecular complexity index is 486. The summed E-state index contributed by atoms with van der Waals surface area (Å²) in [6, 6.07) is 0. The molecule has 1 aromatic rings. The molecule has 3 nitrogen and oxygen atoms in total. The molecule has 0 saturated heterocycles. The molecule has 1 aliphatic carbocycles. The molecule has 0 bridgehead atoms. The number of aliphatic carboxylic acids is 1. The number of nitrogens with zero attached hydrogens (tertiary/aromatic N) is 1. The number of carboxylic acid groups (broad SMARTS) is 1. The van der Waals surface area contributed by atoms with Crippen LogP contribution in [0, 0.1) is 11.8 Å². The SMILES string of the molecule is CCC1CCC(C(=O)O)C(c2cnc(C(F)(F)F)s2)C1. The molecule has 0 radical (unpaired) electrons. The monoisotopic (exact) mass is 307 g/mol. The Kier molecular flexibility index (Phi) is 4.36. The molecule has 7 heteroatoms. The van der Waals surface area contributed by atoms with Gasteiger partial charge in [-0.05, 0) is 25.2 Å². The van der Waals surface area contributed by atoms with Crippen molar-refractivity contribution < 1.29 is 23.1 Å².